The van der Waals surface area contributed by atoms with Gasteiger partial charge in [-0.25, -0.2) is 4.39 Å². The summed E-state index contributed by atoms with van der Waals surface area (Å²) in [6, 6.07) is 6.47. The fourth-order valence-corrected chi connectivity index (χ4v) is 1.92. The summed E-state index contributed by atoms with van der Waals surface area (Å²) in [5, 5.41) is 8.16. The van der Waals surface area contributed by atoms with Gasteiger partial charge in [0.1, 0.15) is 17.5 Å². The van der Waals surface area contributed by atoms with E-state index < -0.39 is 0 Å². The van der Waals surface area contributed by atoms with Crippen molar-refractivity contribution >= 4 is 0 Å². The van der Waals surface area contributed by atoms with Crippen LogP contribution in [0.5, 0.6) is 0 Å². The molecule has 2 aromatic rings. The van der Waals surface area contributed by atoms with Crippen LogP contribution < -0.4 is 5.73 Å². The van der Waals surface area contributed by atoms with Crippen LogP contribution in [-0.2, 0) is 24.2 Å². The second-order valence-electron chi connectivity index (χ2n) is 4.19. The van der Waals surface area contributed by atoms with Crippen LogP contribution in [0.1, 0.15) is 17.2 Å². The van der Waals surface area contributed by atoms with Crippen molar-refractivity contribution in [2.75, 3.05) is 13.7 Å². The van der Waals surface area contributed by atoms with Crippen molar-refractivity contribution in [2.24, 2.45) is 5.73 Å². The van der Waals surface area contributed by atoms with Gasteiger partial charge >= 0.3 is 0 Å². The molecule has 6 heteroatoms. The third-order valence-corrected chi connectivity index (χ3v) is 2.86. The summed E-state index contributed by atoms with van der Waals surface area (Å²) in [4.78, 5) is 0. The minimum Gasteiger partial charge on any atom is -0.383 e. The van der Waals surface area contributed by atoms with Crippen molar-refractivity contribution in [3.05, 3.63) is 47.3 Å². The number of halogens is 1. The summed E-state index contributed by atoms with van der Waals surface area (Å²) in [5.41, 5.74) is 6.49. The number of aromatic nitrogens is 3. The van der Waals surface area contributed by atoms with Gasteiger partial charge < -0.3 is 15.0 Å². The molecular weight excluding hydrogens is 247 g/mol. The summed E-state index contributed by atoms with van der Waals surface area (Å²) >= 11 is 0. The third-order valence-electron chi connectivity index (χ3n) is 2.86. The minimum absolute atomic E-state index is 0.250. The fraction of sp³-hybridized carbons (Fsp3) is 0.385. The van der Waals surface area contributed by atoms with Gasteiger partial charge in [-0.05, 0) is 17.7 Å². The van der Waals surface area contributed by atoms with Crippen LogP contribution in [0.4, 0.5) is 4.39 Å². The molecule has 0 amide bonds. The topological polar surface area (TPSA) is 66.0 Å². The smallest absolute Gasteiger partial charge is 0.146 e. The Kier molecular flexibility index (Phi) is 4.59. The quantitative estimate of drug-likeness (QED) is 0.849. The lowest BCUT2D eigenvalue weighted by atomic mass is 10.1. The second-order valence-corrected chi connectivity index (χ2v) is 4.19. The molecule has 1 aromatic heterocycles. The lowest BCUT2D eigenvalue weighted by Crippen LogP contribution is -2.14. The fourth-order valence-electron chi connectivity index (χ4n) is 1.92. The molecule has 0 fully saturated rings. The highest BCUT2D eigenvalue weighted by Gasteiger charge is 2.11. The normalized spacial score (nSPS) is 10.9. The standard InChI is InChI=1S/C13H17FN4O/c1-19-6-5-18-12(16-17-13(18)9-15)8-10-3-2-4-11(14)7-10/h2-4,7H,5-6,8-9,15H2,1H3. The van der Waals surface area contributed by atoms with Crippen molar-refractivity contribution < 1.29 is 9.13 Å². The second kappa shape index (κ2) is 6.40. The molecule has 19 heavy (non-hydrogen) atoms. The molecule has 102 valence electrons. The molecule has 0 saturated heterocycles. The number of hydrogen-bond acceptors (Lipinski definition) is 4. The molecule has 0 bridgehead atoms. The van der Waals surface area contributed by atoms with Crippen LogP contribution in [-0.4, -0.2) is 28.5 Å². The van der Waals surface area contributed by atoms with Crippen molar-refractivity contribution in [3.8, 4) is 0 Å². The maximum atomic E-state index is 13.2. The van der Waals surface area contributed by atoms with Gasteiger partial charge in [-0.15, -0.1) is 10.2 Å². The van der Waals surface area contributed by atoms with Gasteiger partial charge in [0.05, 0.1) is 13.2 Å². The number of methoxy groups -OCH3 is 1. The van der Waals surface area contributed by atoms with Gasteiger partial charge in [-0.1, -0.05) is 12.1 Å². The molecule has 1 heterocycles. The highest BCUT2D eigenvalue weighted by molar-refractivity contribution is 5.20. The molecule has 0 saturated carbocycles. The van der Waals surface area contributed by atoms with Gasteiger partial charge in [-0.2, -0.15) is 0 Å². The highest BCUT2D eigenvalue weighted by atomic mass is 19.1. The number of nitrogens with two attached hydrogens (primary N) is 1. The lowest BCUT2D eigenvalue weighted by Gasteiger charge is -2.09. The molecule has 0 spiro atoms. The Morgan fingerprint density at radius 2 is 2.11 bits per heavy atom. The first-order valence-electron chi connectivity index (χ1n) is 6.09. The van der Waals surface area contributed by atoms with E-state index in [0.29, 0.717) is 31.9 Å². The first kappa shape index (κ1) is 13.6. The molecule has 0 atom stereocenters. The maximum Gasteiger partial charge on any atom is 0.146 e. The van der Waals surface area contributed by atoms with Crippen LogP contribution in [0.2, 0.25) is 0 Å². The Hall–Kier alpha value is -1.79. The van der Waals surface area contributed by atoms with Crippen LogP contribution in [0.15, 0.2) is 24.3 Å². The first-order valence-corrected chi connectivity index (χ1v) is 6.09. The zero-order chi connectivity index (χ0) is 13.7. The Labute approximate surface area is 111 Å². The molecular formula is C13H17FN4O. The lowest BCUT2D eigenvalue weighted by molar-refractivity contribution is 0.185. The van der Waals surface area contributed by atoms with E-state index in [1.54, 1.807) is 13.2 Å². The SMILES string of the molecule is COCCn1c(CN)nnc1Cc1cccc(F)c1. The number of hydrogen-bond donors (Lipinski definition) is 1. The molecule has 0 aliphatic carbocycles. The predicted octanol–water partition coefficient (Wildman–Crippen LogP) is 1.11. The molecule has 2 N–H and O–H groups in total. The summed E-state index contributed by atoms with van der Waals surface area (Å²) in [5.74, 6) is 1.23. The van der Waals surface area contributed by atoms with E-state index in [4.69, 9.17) is 10.5 Å². The predicted molar refractivity (Wildman–Crippen MR) is 69.0 cm³/mol. The Bertz CT molecular complexity index is 541. The van der Waals surface area contributed by atoms with Crippen molar-refractivity contribution in [1.82, 2.24) is 14.8 Å². The van der Waals surface area contributed by atoms with Crippen molar-refractivity contribution in [3.63, 3.8) is 0 Å². The van der Waals surface area contributed by atoms with Gasteiger partial charge in [0.25, 0.3) is 0 Å². The van der Waals surface area contributed by atoms with E-state index in [0.717, 1.165) is 11.4 Å². The monoisotopic (exact) mass is 264 g/mol. The first-order chi connectivity index (χ1) is 9.24. The molecule has 2 rings (SSSR count). The van der Waals surface area contributed by atoms with E-state index in [-0.39, 0.29) is 5.82 Å². The molecule has 1 aromatic carbocycles. The zero-order valence-electron chi connectivity index (χ0n) is 10.8. The van der Waals surface area contributed by atoms with E-state index in [1.165, 1.54) is 12.1 Å². The number of benzene rings is 1. The van der Waals surface area contributed by atoms with E-state index >= 15 is 0 Å². The Balaban J connectivity index is 2.21. The third kappa shape index (κ3) is 3.36. The number of ether oxygens (including phenoxy) is 1. The molecule has 0 aliphatic rings. The molecule has 0 unspecified atom stereocenters. The van der Waals surface area contributed by atoms with E-state index in [2.05, 4.69) is 10.2 Å². The summed E-state index contributed by atoms with van der Waals surface area (Å²) < 4.78 is 20.1. The average Bonchev–Trinajstić information content (AvgIpc) is 2.78. The van der Waals surface area contributed by atoms with E-state index in [1.807, 2.05) is 10.6 Å². The van der Waals surface area contributed by atoms with Gasteiger partial charge in [0.2, 0.25) is 0 Å². The van der Waals surface area contributed by atoms with E-state index in [9.17, 15) is 4.39 Å². The van der Waals surface area contributed by atoms with Crippen molar-refractivity contribution in [2.45, 2.75) is 19.5 Å². The summed E-state index contributed by atoms with van der Waals surface area (Å²) in [6.07, 6.45) is 0.522. The Morgan fingerprint density at radius 3 is 2.79 bits per heavy atom. The highest BCUT2D eigenvalue weighted by Crippen LogP contribution is 2.11. The van der Waals surface area contributed by atoms with Crippen LogP contribution in [0.25, 0.3) is 0 Å². The van der Waals surface area contributed by atoms with Gasteiger partial charge in [0, 0.05) is 20.1 Å². The summed E-state index contributed by atoms with van der Waals surface area (Å²) in [7, 11) is 1.64. The molecule has 0 aliphatic heterocycles. The summed E-state index contributed by atoms with van der Waals surface area (Å²) in [6.45, 7) is 1.52. The minimum atomic E-state index is -0.250. The van der Waals surface area contributed by atoms with Crippen LogP contribution in [0, 0.1) is 5.82 Å². The Morgan fingerprint density at radius 1 is 1.32 bits per heavy atom. The van der Waals surface area contributed by atoms with Gasteiger partial charge in [-0.3, -0.25) is 0 Å². The van der Waals surface area contributed by atoms with Crippen LogP contribution >= 0.6 is 0 Å². The molecule has 5 nitrogen and oxygen atoms in total. The zero-order valence-corrected chi connectivity index (χ0v) is 10.8. The number of rotatable bonds is 6. The average molecular weight is 264 g/mol. The van der Waals surface area contributed by atoms with Crippen molar-refractivity contribution in [1.29, 1.82) is 0 Å². The van der Waals surface area contributed by atoms with Gasteiger partial charge in [0.15, 0.2) is 0 Å². The molecule has 0 radical (unpaired) electrons. The van der Waals surface area contributed by atoms with Crippen LogP contribution in [0.3, 0.4) is 0 Å². The largest absolute Gasteiger partial charge is 0.383 e. The maximum absolute atomic E-state index is 13.2. The number of nitrogens with zero attached hydrogens (tertiary/aromatic N) is 3.